The minimum absolute atomic E-state index is 0.000304. The van der Waals surface area contributed by atoms with Crippen LogP contribution < -0.4 is 10.6 Å². The summed E-state index contributed by atoms with van der Waals surface area (Å²) in [5, 5.41) is 15.9. The highest BCUT2D eigenvalue weighted by molar-refractivity contribution is 5.81. The molecule has 0 bridgehead atoms. The summed E-state index contributed by atoms with van der Waals surface area (Å²) in [4.78, 5) is 11.7. The fourth-order valence-corrected chi connectivity index (χ4v) is 1.96. The van der Waals surface area contributed by atoms with Gasteiger partial charge >= 0.3 is 0 Å². The molecule has 19 heavy (non-hydrogen) atoms. The molecule has 3 N–H and O–H groups in total. The summed E-state index contributed by atoms with van der Waals surface area (Å²) >= 11 is 0. The van der Waals surface area contributed by atoms with Gasteiger partial charge in [0.1, 0.15) is 5.75 Å². The number of hydrogen-bond donors (Lipinski definition) is 3. The van der Waals surface area contributed by atoms with Crippen LogP contribution in [0, 0.1) is 12.3 Å². The number of carbonyl (C=O) groups excluding carboxylic acids is 1. The van der Waals surface area contributed by atoms with Gasteiger partial charge in [0.2, 0.25) is 5.91 Å². The molecule has 0 spiro atoms. The molecular weight excluding hydrogens is 240 g/mol. The summed E-state index contributed by atoms with van der Waals surface area (Å²) in [5.74, 6) is 0.290. The zero-order valence-electron chi connectivity index (χ0n) is 12.4. The molecule has 1 amide bonds. The fourth-order valence-electron chi connectivity index (χ4n) is 1.96. The maximum Gasteiger partial charge on any atom is 0.226 e. The van der Waals surface area contributed by atoms with Gasteiger partial charge in [-0.1, -0.05) is 12.1 Å². The first kappa shape index (κ1) is 15.5. The Kier molecular flexibility index (Phi) is 4.95. The third kappa shape index (κ3) is 3.96. The molecule has 0 fully saturated rings. The van der Waals surface area contributed by atoms with Crippen LogP contribution in [0.4, 0.5) is 0 Å². The molecule has 1 aromatic rings. The Labute approximate surface area is 115 Å². The highest BCUT2D eigenvalue weighted by atomic mass is 16.3. The van der Waals surface area contributed by atoms with Gasteiger partial charge in [-0.25, -0.2) is 0 Å². The van der Waals surface area contributed by atoms with Crippen molar-refractivity contribution in [3.8, 4) is 5.75 Å². The quantitative estimate of drug-likeness (QED) is 0.763. The van der Waals surface area contributed by atoms with E-state index in [0.717, 1.165) is 11.1 Å². The first-order chi connectivity index (χ1) is 8.77. The standard InChI is InChI=1S/C15H24N2O2/c1-10-6-7-12(13(18)8-10)11(2)17-9-15(3,4)14(19)16-5/h6-8,11,17-18H,9H2,1-5H3,(H,16,19). The van der Waals surface area contributed by atoms with Crippen LogP contribution >= 0.6 is 0 Å². The van der Waals surface area contributed by atoms with E-state index >= 15 is 0 Å². The molecule has 4 nitrogen and oxygen atoms in total. The van der Waals surface area contributed by atoms with Gasteiger partial charge in [-0.2, -0.15) is 0 Å². The Morgan fingerprint density at radius 1 is 1.42 bits per heavy atom. The Hall–Kier alpha value is -1.55. The van der Waals surface area contributed by atoms with Crippen molar-refractivity contribution in [2.24, 2.45) is 5.41 Å². The number of benzene rings is 1. The second-order valence-corrected chi connectivity index (χ2v) is 5.63. The SMILES string of the molecule is CNC(=O)C(C)(C)CNC(C)c1ccc(C)cc1O. The van der Waals surface area contributed by atoms with Crippen LogP contribution in [0.2, 0.25) is 0 Å². The van der Waals surface area contributed by atoms with Gasteiger partial charge in [0.25, 0.3) is 0 Å². The molecule has 0 aliphatic carbocycles. The summed E-state index contributed by atoms with van der Waals surface area (Å²) in [7, 11) is 1.64. The van der Waals surface area contributed by atoms with Crippen molar-refractivity contribution in [1.29, 1.82) is 0 Å². The Morgan fingerprint density at radius 2 is 2.05 bits per heavy atom. The molecule has 0 saturated carbocycles. The van der Waals surface area contributed by atoms with Crippen molar-refractivity contribution in [1.82, 2.24) is 10.6 Å². The summed E-state index contributed by atoms with van der Waals surface area (Å²) in [5.41, 5.74) is 1.39. The number of phenolic OH excluding ortho intramolecular Hbond substituents is 1. The van der Waals surface area contributed by atoms with E-state index in [4.69, 9.17) is 0 Å². The largest absolute Gasteiger partial charge is 0.508 e. The lowest BCUT2D eigenvalue weighted by molar-refractivity contribution is -0.128. The average molecular weight is 264 g/mol. The lowest BCUT2D eigenvalue weighted by atomic mass is 9.91. The third-order valence-corrected chi connectivity index (χ3v) is 3.34. The molecule has 0 aromatic heterocycles. The zero-order chi connectivity index (χ0) is 14.6. The molecule has 1 unspecified atom stereocenters. The molecule has 1 atom stereocenters. The van der Waals surface area contributed by atoms with Crippen LogP contribution in [0.25, 0.3) is 0 Å². The Bertz CT molecular complexity index is 455. The van der Waals surface area contributed by atoms with E-state index < -0.39 is 5.41 Å². The van der Waals surface area contributed by atoms with Gasteiger partial charge in [-0.05, 0) is 39.3 Å². The monoisotopic (exact) mass is 264 g/mol. The van der Waals surface area contributed by atoms with Gasteiger partial charge in [0.05, 0.1) is 5.41 Å². The number of aryl methyl sites for hydroxylation is 1. The summed E-state index contributed by atoms with van der Waals surface area (Å²) in [6.07, 6.45) is 0. The van der Waals surface area contributed by atoms with Crippen LogP contribution in [0.1, 0.15) is 37.9 Å². The van der Waals surface area contributed by atoms with Crippen molar-refractivity contribution < 1.29 is 9.90 Å². The minimum Gasteiger partial charge on any atom is -0.508 e. The van der Waals surface area contributed by atoms with E-state index in [1.807, 2.05) is 39.8 Å². The minimum atomic E-state index is -0.483. The van der Waals surface area contributed by atoms with Crippen LogP contribution in [0.3, 0.4) is 0 Å². The van der Waals surface area contributed by atoms with E-state index in [1.165, 1.54) is 0 Å². The van der Waals surface area contributed by atoms with Crippen molar-refractivity contribution in [3.63, 3.8) is 0 Å². The first-order valence-corrected chi connectivity index (χ1v) is 6.53. The number of rotatable bonds is 5. The Morgan fingerprint density at radius 3 is 2.58 bits per heavy atom. The third-order valence-electron chi connectivity index (χ3n) is 3.34. The molecule has 106 valence electrons. The predicted molar refractivity (Wildman–Crippen MR) is 77.1 cm³/mol. The predicted octanol–water partition coefficient (Wildman–Crippen LogP) is 2.12. The average Bonchev–Trinajstić information content (AvgIpc) is 2.35. The maximum atomic E-state index is 11.7. The van der Waals surface area contributed by atoms with Crippen molar-refractivity contribution >= 4 is 5.91 Å². The molecule has 1 rings (SSSR count). The second kappa shape index (κ2) is 6.06. The van der Waals surface area contributed by atoms with Crippen LogP contribution in [-0.4, -0.2) is 24.6 Å². The molecule has 0 heterocycles. The maximum absolute atomic E-state index is 11.7. The number of carbonyl (C=O) groups is 1. The fraction of sp³-hybridized carbons (Fsp3) is 0.533. The first-order valence-electron chi connectivity index (χ1n) is 6.53. The van der Waals surface area contributed by atoms with E-state index in [0.29, 0.717) is 6.54 Å². The molecular formula is C15H24N2O2. The Balaban J connectivity index is 2.70. The summed E-state index contributed by atoms with van der Waals surface area (Å²) in [6.45, 7) is 8.24. The second-order valence-electron chi connectivity index (χ2n) is 5.63. The molecule has 4 heteroatoms. The molecule has 0 aliphatic heterocycles. The number of aromatic hydroxyl groups is 1. The summed E-state index contributed by atoms with van der Waals surface area (Å²) in [6, 6.07) is 5.62. The van der Waals surface area contributed by atoms with Crippen molar-refractivity contribution in [2.45, 2.75) is 33.7 Å². The molecule has 0 radical (unpaired) electrons. The van der Waals surface area contributed by atoms with Crippen molar-refractivity contribution in [2.75, 3.05) is 13.6 Å². The highest BCUT2D eigenvalue weighted by Crippen LogP contribution is 2.25. The molecule has 0 saturated heterocycles. The van der Waals surface area contributed by atoms with Crippen molar-refractivity contribution in [3.05, 3.63) is 29.3 Å². The number of nitrogens with one attached hydrogen (secondary N) is 2. The van der Waals surface area contributed by atoms with Gasteiger partial charge in [-0.15, -0.1) is 0 Å². The van der Waals surface area contributed by atoms with E-state index in [-0.39, 0.29) is 17.7 Å². The van der Waals surface area contributed by atoms with E-state index in [9.17, 15) is 9.90 Å². The van der Waals surface area contributed by atoms with Gasteiger partial charge in [-0.3, -0.25) is 4.79 Å². The molecule has 1 aromatic carbocycles. The number of amides is 1. The number of hydrogen-bond acceptors (Lipinski definition) is 3. The van der Waals surface area contributed by atoms with Crippen LogP contribution in [0.5, 0.6) is 5.75 Å². The van der Waals surface area contributed by atoms with E-state index in [1.54, 1.807) is 13.1 Å². The topological polar surface area (TPSA) is 61.4 Å². The van der Waals surface area contributed by atoms with E-state index in [2.05, 4.69) is 10.6 Å². The van der Waals surface area contributed by atoms with Crippen LogP contribution in [0.15, 0.2) is 18.2 Å². The normalized spacial score (nSPS) is 13.1. The number of phenols is 1. The lowest BCUT2D eigenvalue weighted by Gasteiger charge is -2.26. The van der Waals surface area contributed by atoms with Gasteiger partial charge in [0.15, 0.2) is 0 Å². The van der Waals surface area contributed by atoms with Gasteiger partial charge in [0, 0.05) is 25.2 Å². The van der Waals surface area contributed by atoms with Crippen LogP contribution in [-0.2, 0) is 4.79 Å². The lowest BCUT2D eigenvalue weighted by Crippen LogP contribution is -2.42. The molecule has 0 aliphatic rings. The zero-order valence-corrected chi connectivity index (χ0v) is 12.4. The highest BCUT2D eigenvalue weighted by Gasteiger charge is 2.27. The smallest absolute Gasteiger partial charge is 0.226 e. The van der Waals surface area contributed by atoms with Gasteiger partial charge < -0.3 is 15.7 Å². The summed E-state index contributed by atoms with van der Waals surface area (Å²) < 4.78 is 0.